The number of nitrogens with one attached hydrogen (secondary N) is 1. The van der Waals surface area contributed by atoms with E-state index >= 15 is 0 Å². The SMILES string of the molecule is CCc1cc(C(=O)O)cc(Nc2ccc(Cl)c(F)c2)n1. The summed E-state index contributed by atoms with van der Waals surface area (Å²) in [6.45, 7) is 1.87. The van der Waals surface area contributed by atoms with Crippen LogP contribution >= 0.6 is 11.6 Å². The molecule has 2 aromatic rings. The van der Waals surface area contributed by atoms with Gasteiger partial charge in [-0.3, -0.25) is 0 Å². The van der Waals surface area contributed by atoms with Gasteiger partial charge in [0.1, 0.15) is 11.6 Å². The van der Waals surface area contributed by atoms with Gasteiger partial charge in [-0.05, 0) is 36.8 Å². The number of aromatic nitrogens is 1. The number of aromatic carboxylic acids is 1. The first kappa shape index (κ1) is 14.3. The van der Waals surface area contributed by atoms with Gasteiger partial charge < -0.3 is 10.4 Å². The zero-order chi connectivity index (χ0) is 14.7. The van der Waals surface area contributed by atoms with Crippen LogP contribution in [0.5, 0.6) is 0 Å². The molecule has 4 nitrogen and oxygen atoms in total. The molecule has 0 aliphatic heterocycles. The maximum atomic E-state index is 13.3. The van der Waals surface area contributed by atoms with Crippen molar-refractivity contribution in [2.24, 2.45) is 0 Å². The van der Waals surface area contributed by atoms with E-state index in [1.165, 1.54) is 24.3 Å². The third-order valence-electron chi connectivity index (χ3n) is 2.68. The molecule has 0 aliphatic rings. The fraction of sp³-hybridized carbons (Fsp3) is 0.143. The lowest BCUT2D eigenvalue weighted by molar-refractivity contribution is 0.0696. The molecule has 1 heterocycles. The lowest BCUT2D eigenvalue weighted by atomic mass is 10.2. The van der Waals surface area contributed by atoms with Gasteiger partial charge in [-0.25, -0.2) is 14.2 Å². The summed E-state index contributed by atoms with van der Waals surface area (Å²) >= 11 is 5.60. The molecular weight excluding hydrogens is 283 g/mol. The van der Waals surface area contributed by atoms with Gasteiger partial charge in [0.15, 0.2) is 0 Å². The number of rotatable bonds is 4. The Kier molecular flexibility index (Phi) is 4.20. The molecule has 6 heteroatoms. The molecule has 1 aromatic carbocycles. The van der Waals surface area contributed by atoms with E-state index in [4.69, 9.17) is 16.7 Å². The molecule has 0 saturated carbocycles. The maximum Gasteiger partial charge on any atom is 0.335 e. The molecule has 0 atom stereocenters. The number of hydrogen-bond acceptors (Lipinski definition) is 3. The summed E-state index contributed by atoms with van der Waals surface area (Å²) in [6.07, 6.45) is 0.602. The summed E-state index contributed by atoms with van der Waals surface area (Å²) in [6, 6.07) is 7.14. The van der Waals surface area contributed by atoms with Crippen molar-refractivity contribution in [1.82, 2.24) is 4.98 Å². The Hall–Kier alpha value is -2.14. The molecule has 2 N–H and O–H groups in total. The van der Waals surface area contributed by atoms with Crippen molar-refractivity contribution in [1.29, 1.82) is 0 Å². The van der Waals surface area contributed by atoms with Gasteiger partial charge in [0, 0.05) is 11.4 Å². The number of pyridine rings is 1. The Morgan fingerprint density at radius 3 is 2.75 bits per heavy atom. The minimum atomic E-state index is -1.03. The highest BCUT2D eigenvalue weighted by atomic mass is 35.5. The van der Waals surface area contributed by atoms with Crippen LogP contribution in [0.1, 0.15) is 23.0 Å². The number of benzene rings is 1. The average molecular weight is 295 g/mol. The summed E-state index contributed by atoms with van der Waals surface area (Å²) in [4.78, 5) is 15.3. The van der Waals surface area contributed by atoms with Crippen molar-refractivity contribution in [2.45, 2.75) is 13.3 Å². The van der Waals surface area contributed by atoms with Gasteiger partial charge in [-0.1, -0.05) is 18.5 Å². The van der Waals surface area contributed by atoms with Crippen LogP contribution in [0.25, 0.3) is 0 Å². The summed E-state index contributed by atoms with van der Waals surface area (Å²) in [5.74, 6) is -1.24. The van der Waals surface area contributed by atoms with Gasteiger partial charge in [0.25, 0.3) is 0 Å². The maximum absolute atomic E-state index is 13.3. The smallest absolute Gasteiger partial charge is 0.335 e. The number of halogens is 2. The molecule has 0 amide bonds. The molecule has 0 fully saturated rings. The van der Waals surface area contributed by atoms with Crippen LogP contribution in [0.4, 0.5) is 15.9 Å². The van der Waals surface area contributed by atoms with E-state index in [0.717, 1.165) is 0 Å². The quantitative estimate of drug-likeness (QED) is 0.898. The number of anilines is 2. The Balaban J connectivity index is 2.34. The van der Waals surface area contributed by atoms with Crippen molar-refractivity contribution in [2.75, 3.05) is 5.32 Å². The first-order valence-electron chi connectivity index (χ1n) is 5.96. The largest absolute Gasteiger partial charge is 0.478 e. The topological polar surface area (TPSA) is 62.2 Å². The monoisotopic (exact) mass is 294 g/mol. The molecule has 0 spiro atoms. The average Bonchev–Trinajstić information content (AvgIpc) is 2.42. The molecule has 104 valence electrons. The Morgan fingerprint density at radius 1 is 1.40 bits per heavy atom. The molecular formula is C14H12ClFN2O2. The fourth-order valence-electron chi connectivity index (χ4n) is 1.68. The van der Waals surface area contributed by atoms with E-state index < -0.39 is 11.8 Å². The molecule has 20 heavy (non-hydrogen) atoms. The second-order valence-electron chi connectivity index (χ2n) is 4.14. The van der Waals surface area contributed by atoms with Crippen molar-refractivity contribution in [3.8, 4) is 0 Å². The molecule has 0 unspecified atom stereocenters. The highest BCUT2D eigenvalue weighted by molar-refractivity contribution is 6.30. The first-order chi connectivity index (χ1) is 9.49. The molecule has 0 aliphatic carbocycles. The van der Waals surface area contributed by atoms with E-state index in [1.807, 2.05) is 6.92 Å². The van der Waals surface area contributed by atoms with Crippen molar-refractivity contribution >= 4 is 29.1 Å². The van der Waals surface area contributed by atoms with Crippen molar-refractivity contribution < 1.29 is 14.3 Å². The number of carbonyl (C=O) groups is 1. The van der Waals surface area contributed by atoms with E-state index in [2.05, 4.69) is 10.3 Å². The molecule has 0 bridgehead atoms. The van der Waals surface area contributed by atoms with Gasteiger partial charge in [-0.15, -0.1) is 0 Å². The summed E-state index contributed by atoms with van der Waals surface area (Å²) in [7, 11) is 0. The Morgan fingerprint density at radius 2 is 2.15 bits per heavy atom. The van der Waals surface area contributed by atoms with E-state index in [9.17, 15) is 9.18 Å². The van der Waals surface area contributed by atoms with Gasteiger partial charge in [0.05, 0.1) is 10.6 Å². The minimum absolute atomic E-state index is 0.0250. The van der Waals surface area contributed by atoms with Crippen LogP contribution in [-0.2, 0) is 6.42 Å². The van der Waals surface area contributed by atoms with Crippen LogP contribution in [0.3, 0.4) is 0 Å². The Labute approximate surface area is 120 Å². The van der Waals surface area contributed by atoms with E-state index in [0.29, 0.717) is 23.6 Å². The van der Waals surface area contributed by atoms with Crippen LogP contribution in [0.2, 0.25) is 5.02 Å². The van der Waals surface area contributed by atoms with E-state index in [-0.39, 0.29) is 10.6 Å². The van der Waals surface area contributed by atoms with Crippen LogP contribution in [0, 0.1) is 5.82 Å². The highest BCUT2D eigenvalue weighted by Gasteiger charge is 2.09. The number of hydrogen-bond donors (Lipinski definition) is 2. The number of aryl methyl sites for hydroxylation is 1. The number of nitrogens with zero attached hydrogens (tertiary/aromatic N) is 1. The predicted octanol–water partition coefficient (Wildman–Crippen LogP) is 3.88. The number of carboxylic acids is 1. The number of carboxylic acid groups (broad SMARTS) is 1. The minimum Gasteiger partial charge on any atom is -0.478 e. The van der Waals surface area contributed by atoms with Gasteiger partial charge in [0.2, 0.25) is 0 Å². The molecule has 1 aromatic heterocycles. The summed E-state index contributed by atoms with van der Waals surface area (Å²) in [5, 5.41) is 11.9. The van der Waals surface area contributed by atoms with Crippen LogP contribution in [-0.4, -0.2) is 16.1 Å². The van der Waals surface area contributed by atoms with Gasteiger partial charge >= 0.3 is 5.97 Å². The molecule has 0 saturated heterocycles. The summed E-state index contributed by atoms with van der Waals surface area (Å²) in [5.41, 5.74) is 1.22. The van der Waals surface area contributed by atoms with Crippen LogP contribution in [0.15, 0.2) is 30.3 Å². The first-order valence-corrected chi connectivity index (χ1v) is 6.33. The van der Waals surface area contributed by atoms with E-state index in [1.54, 1.807) is 6.07 Å². The lowest BCUT2D eigenvalue weighted by Crippen LogP contribution is -2.03. The van der Waals surface area contributed by atoms with Gasteiger partial charge in [-0.2, -0.15) is 0 Å². The third-order valence-corrected chi connectivity index (χ3v) is 2.99. The standard InChI is InChI=1S/C14H12ClFN2O2/c1-2-9-5-8(14(19)20)6-13(17-9)18-10-3-4-11(15)12(16)7-10/h3-7H,2H2,1H3,(H,17,18)(H,19,20). The normalized spacial score (nSPS) is 10.3. The predicted molar refractivity (Wildman–Crippen MR) is 75.3 cm³/mol. The zero-order valence-electron chi connectivity index (χ0n) is 10.7. The second-order valence-corrected chi connectivity index (χ2v) is 4.55. The van der Waals surface area contributed by atoms with Crippen molar-refractivity contribution in [3.63, 3.8) is 0 Å². The fourth-order valence-corrected chi connectivity index (χ4v) is 1.80. The molecule has 0 radical (unpaired) electrons. The third kappa shape index (κ3) is 3.24. The molecule has 2 rings (SSSR count). The zero-order valence-corrected chi connectivity index (χ0v) is 11.4. The Bertz CT molecular complexity index is 662. The van der Waals surface area contributed by atoms with Crippen molar-refractivity contribution in [3.05, 3.63) is 52.4 Å². The van der Waals surface area contributed by atoms with Crippen LogP contribution < -0.4 is 5.32 Å². The second kappa shape index (κ2) is 5.88. The highest BCUT2D eigenvalue weighted by Crippen LogP contribution is 2.22. The summed E-state index contributed by atoms with van der Waals surface area (Å²) < 4.78 is 13.3. The lowest BCUT2D eigenvalue weighted by Gasteiger charge is -2.09.